The first-order valence-corrected chi connectivity index (χ1v) is 10.2. The molecule has 0 amide bonds. The van der Waals surface area contributed by atoms with Gasteiger partial charge in [-0.25, -0.2) is 4.68 Å². The summed E-state index contributed by atoms with van der Waals surface area (Å²) in [6.07, 6.45) is 5.22. The van der Waals surface area contributed by atoms with E-state index in [9.17, 15) is 0 Å². The summed E-state index contributed by atoms with van der Waals surface area (Å²) in [7, 11) is 0. The molecule has 0 aliphatic carbocycles. The van der Waals surface area contributed by atoms with Crippen LogP contribution in [0.4, 0.5) is 17.3 Å². The Kier molecular flexibility index (Phi) is 4.28. The Morgan fingerprint density at radius 1 is 1.10 bits per heavy atom. The number of likely N-dealkylation sites (tertiary alicyclic amines) is 1. The van der Waals surface area contributed by atoms with Crippen molar-refractivity contribution < 1.29 is 1.43 Å². The molecule has 1 spiro atoms. The molecule has 29 heavy (non-hydrogen) atoms. The molecule has 2 aliphatic rings. The van der Waals surface area contributed by atoms with Crippen molar-refractivity contribution in [1.29, 1.82) is 0 Å². The number of pyridine rings is 1. The van der Waals surface area contributed by atoms with Gasteiger partial charge in [-0.05, 0) is 56.7 Å². The number of rotatable bonds is 5. The molecule has 0 unspecified atom stereocenters. The van der Waals surface area contributed by atoms with Crippen molar-refractivity contribution in [2.45, 2.75) is 26.8 Å². The minimum atomic E-state index is 0. The highest BCUT2D eigenvalue weighted by Crippen LogP contribution is 2.43. The Balaban J connectivity index is 0.00000218. The van der Waals surface area contributed by atoms with E-state index in [2.05, 4.69) is 69.2 Å². The second-order valence-corrected chi connectivity index (χ2v) is 8.76. The molecule has 0 bridgehead atoms. The number of aryl methyl sites for hydroxylation is 1. The van der Waals surface area contributed by atoms with Crippen molar-refractivity contribution in [3.63, 3.8) is 0 Å². The zero-order chi connectivity index (χ0) is 20.0. The van der Waals surface area contributed by atoms with Crippen molar-refractivity contribution >= 4 is 17.3 Å². The maximum absolute atomic E-state index is 4.52. The molecule has 7 heteroatoms. The summed E-state index contributed by atoms with van der Waals surface area (Å²) in [5, 5.41) is 7.87. The molecule has 2 fully saturated rings. The first-order chi connectivity index (χ1) is 14.0. The molecule has 4 heterocycles. The molecule has 5 rings (SSSR count). The third kappa shape index (κ3) is 3.46. The molecule has 1 aromatic carbocycles. The van der Waals surface area contributed by atoms with E-state index in [0.717, 1.165) is 24.5 Å². The van der Waals surface area contributed by atoms with Gasteiger partial charge in [-0.2, -0.15) is 4.98 Å². The zero-order valence-corrected chi connectivity index (χ0v) is 17.2. The molecule has 0 radical (unpaired) electrons. The van der Waals surface area contributed by atoms with Gasteiger partial charge in [0, 0.05) is 56.6 Å². The first kappa shape index (κ1) is 18.1. The molecule has 2 aliphatic heterocycles. The highest BCUT2D eigenvalue weighted by atomic mass is 15.4. The van der Waals surface area contributed by atoms with Crippen LogP contribution < -0.4 is 10.2 Å². The standard InChI is InChI=1S/C22H27N7.H2/c1-16(2)27-11-22(12-27)13-28(14-22)20-8-17(3)7-18(9-20)25-21-24-15-29(26-21)19-5-4-6-23-10-19;/h4-10,15-16H,11-14H2,1-3H3,(H,25,26);1H. The van der Waals surface area contributed by atoms with Crippen LogP contribution in [-0.4, -0.2) is 56.9 Å². The number of anilines is 3. The number of benzene rings is 1. The van der Waals surface area contributed by atoms with E-state index in [-0.39, 0.29) is 1.43 Å². The van der Waals surface area contributed by atoms with Gasteiger partial charge < -0.3 is 10.2 Å². The average Bonchev–Trinajstić information content (AvgIpc) is 3.08. The van der Waals surface area contributed by atoms with Crippen molar-refractivity contribution in [1.82, 2.24) is 24.6 Å². The van der Waals surface area contributed by atoms with Gasteiger partial charge in [-0.3, -0.25) is 9.88 Å². The third-order valence-electron chi connectivity index (χ3n) is 5.95. The lowest BCUT2D eigenvalue weighted by Crippen LogP contribution is -2.73. The fourth-order valence-electron chi connectivity index (χ4n) is 4.41. The van der Waals surface area contributed by atoms with Gasteiger partial charge >= 0.3 is 0 Å². The zero-order valence-electron chi connectivity index (χ0n) is 17.2. The summed E-state index contributed by atoms with van der Waals surface area (Å²) in [6.45, 7) is 11.5. The van der Waals surface area contributed by atoms with Crippen molar-refractivity contribution in [3.05, 3.63) is 54.6 Å². The Bertz CT molecular complexity index is 1000. The predicted octanol–water partition coefficient (Wildman–Crippen LogP) is 3.49. The molecule has 3 aromatic rings. The molecule has 0 saturated carbocycles. The van der Waals surface area contributed by atoms with Crippen LogP contribution in [0.1, 0.15) is 20.8 Å². The summed E-state index contributed by atoms with van der Waals surface area (Å²) >= 11 is 0. The van der Waals surface area contributed by atoms with Gasteiger partial charge in [0.25, 0.3) is 0 Å². The van der Waals surface area contributed by atoms with Crippen LogP contribution in [0.2, 0.25) is 0 Å². The predicted molar refractivity (Wildman–Crippen MR) is 117 cm³/mol. The summed E-state index contributed by atoms with van der Waals surface area (Å²) < 4.78 is 1.72. The van der Waals surface area contributed by atoms with E-state index >= 15 is 0 Å². The van der Waals surface area contributed by atoms with Gasteiger partial charge in [0.2, 0.25) is 5.95 Å². The Labute approximate surface area is 172 Å². The van der Waals surface area contributed by atoms with Gasteiger partial charge in [-0.1, -0.05) is 0 Å². The van der Waals surface area contributed by atoms with Crippen molar-refractivity contribution in [3.8, 4) is 5.69 Å². The van der Waals surface area contributed by atoms with E-state index in [1.54, 1.807) is 23.4 Å². The third-order valence-corrected chi connectivity index (χ3v) is 5.95. The number of hydrogen-bond acceptors (Lipinski definition) is 6. The van der Waals surface area contributed by atoms with Crippen LogP contribution in [0, 0.1) is 12.3 Å². The first-order valence-electron chi connectivity index (χ1n) is 10.2. The highest BCUT2D eigenvalue weighted by Gasteiger charge is 2.52. The molecule has 0 atom stereocenters. The van der Waals surface area contributed by atoms with Gasteiger partial charge in [0.15, 0.2) is 0 Å². The largest absolute Gasteiger partial charge is 0.370 e. The van der Waals surface area contributed by atoms with Crippen molar-refractivity contribution in [2.24, 2.45) is 5.41 Å². The van der Waals surface area contributed by atoms with Crippen LogP contribution >= 0.6 is 0 Å². The summed E-state index contributed by atoms with van der Waals surface area (Å²) in [5.74, 6) is 0.581. The number of nitrogens with zero attached hydrogens (tertiary/aromatic N) is 6. The van der Waals surface area contributed by atoms with Crippen LogP contribution in [0.25, 0.3) is 5.69 Å². The molecular weight excluding hydrogens is 362 g/mol. The lowest BCUT2D eigenvalue weighted by atomic mass is 9.72. The molecule has 7 nitrogen and oxygen atoms in total. The van der Waals surface area contributed by atoms with Crippen LogP contribution in [0.3, 0.4) is 0 Å². The quantitative estimate of drug-likeness (QED) is 0.718. The molecule has 2 saturated heterocycles. The summed E-state index contributed by atoms with van der Waals surface area (Å²) in [4.78, 5) is 13.6. The summed E-state index contributed by atoms with van der Waals surface area (Å²) in [6, 6.07) is 11.1. The van der Waals surface area contributed by atoms with Gasteiger partial charge in [-0.15, -0.1) is 5.10 Å². The molecule has 152 valence electrons. The topological polar surface area (TPSA) is 62.1 Å². The van der Waals surface area contributed by atoms with E-state index in [4.69, 9.17) is 0 Å². The molecular formula is C22H29N7. The normalized spacial score (nSPS) is 18.0. The van der Waals surface area contributed by atoms with E-state index < -0.39 is 0 Å². The lowest BCUT2D eigenvalue weighted by molar-refractivity contribution is -0.0411. The second kappa shape index (κ2) is 6.84. The highest BCUT2D eigenvalue weighted by molar-refractivity contribution is 5.65. The smallest absolute Gasteiger partial charge is 0.246 e. The Morgan fingerprint density at radius 2 is 1.93 bits per heavy atom. The Hall–Kier alpha value is -2.93. The minimum absolute atomic E-state index is 0. The van der Waals surface area contributed by atoms with Crippen LogP contribution in [0.5, 0.6) is 0 Å². The number of aromatic nitrogens is 4. The summed E-state index contributed by atoms with van der Waals surface area (Å²) in [5.41, 5.74) is 4.91. The molecule has 1 N–H and O–H groups in total. The fourth-order valence-corrected chi connectivity index (χ4v) is 4.41. The minimum Gasteiger partial charge on any atom is -0.370 e. The van der Waals surface area contributed by atoms with E-state index in [1.807, 2.05) is 12.1 Å². The fraction of sp³-hybridized carbons (Fsp3) is 0.409. The Morgan fingerprint density at radius 3 is 2.66 bits per heavy atom. The maximum Gasteiger partial charge on any atom is 0.246 e. The SMILES string of the molecule is Cc1cc(Nc2ncn(-c3cccnc3)n2)cc(N2CC3(C2)CN(C(C)C)C3)c1.[HH]. The number of nitrogens with one attached hydrogen (secondary N) is 1. The second-order valence-electron chi connectivity index (χ2n) is 8.76. The average molecular weight is 392 g/mol. The molecule has 2 aromatic heterocycles. The van der Waals surface area contributed by atoms with Gasteiger partial charge in [0.05, 0.1) is 11.9 Å². The van der Waals surface area contributed by atoms with Crippen LogP contribution in [0.15, 0.2) is 49.1 Å². The monoisotopic (exact) mass is 391 g/mol. The maximum atomic E-state index is 4.52. The van der Waals surface area contributed by atoms with Crippen molar-refractivity contribution in [2.75, 3.05) is 36.4 Å². The van der Waals surface area contributed by atoms with Crippen LogP contribution in [-0.2, 0) is 0 Å². The number of hydrogen-bond donors (Lipinski definition) is 1. The van der Waals surface area contributed by atoms with E-state index in [0.29, 0.717) is 17.4 Å². The lowest BCUT2D eigenvalue weighted by Gasteiger charge is -2.62. The van der Waals surface area contributed by atoms with Gasteiger partial charge in [0.1, 0.15) is 6.33 Å². The van der Waals surface area contributed by atoms with E-state index in [1.165, 1.54) is 24.3 Å².